The molecule has 36 heavy (non-hydrogen) atoms. The molecule has 1 aliphatic rings. The van der Waals surface area contributed by atoms with E-state index in [2.05, 4.69) is 82.6 Å². The quantitative estimate of drug-likeness (QED) is 0.414. The zero-order valence-electron chi connectivity index (χ0n) is 20.9. The molecule has 0 amide bonds. The van der Waals surface area contributed by atoms with Crippen molar-refractivity contribution >= 4 is 22.8 Å². The molecule has 4 aromatic rings. The van der Waals surface area contributed by atoms with Gasteiger partial charge in [0.2, 0.25) is 5.28 Å². The zero-order valence-corrected chi connectivity index (χ0v) is 21.6. The fraction of sp³-hybridized carbons (Fsp3) is 0.370. The first-order chi connectivity index (χ1) is 17.3. The van der Waals surface area contributed by atoms with Crippen molar-refractivity contribution in [3.8, 4) is 0 Å². The third kappa shape index (κ3) is 5.95. The largest absolute Gasteiger partial charge is 0.368 e. The summed E-state index contributed by atoms with van der Waals surface area (Å²) in [7, 11) is 5.14. The minimum Gasteiger partial charge on any atom is -0.368 e. The summed E-state index contributed by atoms with van der Waals surface area (Å²) in [5.74, 6) is 0.647. The summed E-state index contributed by atoms with van der Waals surface area (Å²) >= 11 is 5.60. The number of hydrogen-bond acceptors (Lipinski definition) is 5. The first kappa shape index (κ1) is 25.9. The summed E-state index contributed by atoms with van der Waals surface area (Å²) in [5.41, 5.74) is 2.12. The number of H-pyrrole nitrogens is 1. The van der Waals surface area contributed by atoms with Crippen molar-refractivity contribution < 1.29 is 4.74 Å². The molecule has 1 atom stereocenters. The minimum atomic E-state index is -0.428. The van der Waals surface area contributed by atoms with E-state index in [0.717, 1.165) is 17.7 Å². The Kier molecular flexibility index (Phi) is 8.40. The van der Waals surface area contributed by atoms with Crippen LogP contribution in [-0.2, 0) is 18.8 Å². The number of fused-ring (bicyclic) bond motifs is 1. The monoisotopic (exact) mass is 509 g/mol. The van der Waals surface area contributed by atoms with Gasteiger partial charge in [0.15, 0.2) is 11.2 Å². The van der Waals surface area contributed by atoms with Crippen LogP contribution in [0.2, 0.25) is 5.28 Å². The Morgan fingerprint density at radius 3 is 2.19 bits per heavy atom. The summed E-state index contributed by atoms with van der Waals surface area (Å²) in [6, 6.07) is 21.1. The SMILES string of the molecule is CN1CCCC(COC(c2ccccc2)c2ccccc2)C1.Cn1c(=O)c2[nH]c(Cl)nc2n(C)c1=O. The van der Waals surface area contributed by atoms with Crippen LogP contribution >= 0.6 is 11.6 Å². The molecule has 5 rings (SSSR count). The van der Waals surface area contributed by atoms with Crippen LogP contribution in [0.5, 0.6) is 0 Å². The fourth-order valence-electron chi connectivity index (χ4n) is 4.58. The Balaban J connectivity index is 0.000000187. The van der Waals surface area contributed by atoms with Crippen LogP contribution in [0.1, 0.15) is 30.1 Å². The Bertz CT molecular complexity index is 1360. The van der Waals surface area contributed by atoms with Gasteiger partial charge in [-0.15, -0.1) is 0 Å². The molecule has 0 bridgehead atoms. The van der Waals surface area contributed by atoms with Crippen LogP contribution in [0.3, 0.4) is 0 Å². The second-order valence-electron chi connectivity index (χ2n) is 9.24. The molecule has 190 valence electrons. The number of aryl methyl sites for hydroxylation is 1. The Morgan fingerprint density at radius 2 is 1.61 bits per heavy atom. The molecule has 3 heterocycles. The number of imidazole rings is 1. The molecule has 9 heteroatoms. The molecule has 1 aliphatic heterocycles. The number of likely N-dealkylation sites (tertiary alicyclic amines) is 1. The van der Waals surface area contributed by atoms with Crippen molar-refractivity contribution in [3.63, 3.8) is 0 Å². The summed E-state index contributed by atoms with van der Waals surface area (Å²) in [4.78, 5) is 31.8. The highest BCUT2D eigenvalue weighted by Gasteiger charge is 2.21. The number of halogens is 1. The Hall–Kier alpha value is -3.20. The number of nitrogens with one attached hydrogen (secondary N) is 1. The number of piperidine rings is 1. The molecular weight excluding hydrogens is 478 g/mol. The molecule has 8 nitrogen and oxygen atoms in total. The number of rotatable bonds is 5. The average Bonchev–Trinajstić information content (AvgIpc) is 3.30. The van der Waals surface area contributed by atoms with Gasteiger partial charge in [0, 0.05) is 20.6 Å². The third-order valence-electron chi connectivity index (χ3n) is 6.49. The van der Waals surface area contributed by atoms with E-state index in [1.807, 2.05) is 0 Å². The molecule has 0 radical (unpaired) electrons. The van der Waals surface area contributed by atoms with Gasteiger partial charge in [0.05, 0.1) is 6.61 Å². The number of aromatic nitrogens is 4. The van der Waals surface area contributed by atoms with E-state index in [1.54, 1.807) is 0 Å². The van der Waals surface area contributed by atoms with E-state index in [4.69, 9.17) is 16.3 Å². The summed E-state index contributed by atoms with van der Waals surface area (Å²) < 4.78 is 8.64. The van der Waals surface area contributed by atoms with Gasteiger partial charge in [-0.1, -0.05) is 60.7 Å². The molecule has 0 spiro atoms. The van der Waals surface area contributed by atoms with Crippen LogP contribution in [-0.4, -0.2) is 50.7 Å². The van der Waals surface area contributed by atoms with Crippen LogP contribution in [0.4, 0.5) is 0 Å². The Labute approximate surface area is 215 Å². The van der Waals surface area contributed by atoms with Crippen LogP contribution in [0, 0.1) is 5.92 Å². The maximum absolute atomic E-state index is 11.5. The molecule has 1 fully saturated rings. The second kappa shape index (κ2) is 11.7. The van der Waals surface area contributed by atoms with E-state index in [1.165, 1.54) is 49.2 Å². The van der Waals surface area contributed by atoms with E-state index in [0.29, 0.717) is 5.92 Å². The lowest BCUT2D eigenvalue weighted by Gasteiger charge is -2.31. The standard InChI is InChI=1S/C20H25NO.C7H7ClN4O2/c1-21-14-8-9-17(15-21)16-22-20(18-10-4-2-5-11-18)19-12-6-3-7-13-19;1-11-4-3(9-6(8)10-4)5(13)12(2)7(11)14/h2-7,10-13,17,20H,8-9,14-16H2,1H3;1-2H3,(H,9,10). The lowest BCUT2D eigenvalue weighted by Crippen LogP contribution is -2.36. The molecular formula is C27H32ClN5O3. The maximum atomic E-state index is 11.5. The maximum Gasteiger partial charge on any atom is 0.332 e. The zero-order chi connectivity index (χ0) is 25.7. The minimum absolute atomic E-state index is 0.0367. The van der Waals surface area contributed by atoms with Gasteiger partial charge in [-0.3, -0.25) is 13.9 Å². The summed E-state index contributed by atoms with van der Waals surface area (Å²) in [6.45, 7) is 3.20. The highest BCUT2D eigenvalue weighted by molar-refractivity contribution is 6.28. The number of nitrogens with zero attached hydrogens (tertiary/aromatic N) is 4. The first-order valence-electron chi connectivity index (χ1n) is 12.1. The molecule has 0 saturated carbocycles. The third-order valence-corrected chi connectivity index (χ3v) is 6.67. The molecule has 2 aromatic heterocycles. The predicted molar refractivity (Wildman–Crippen MR) is 142 cm³/mol. The van der Waals surface area contributed by atoms with Gasteiger partial charge in [-0.25, -0.2) is 4.79 Å². The lowest BCUT2D eigenvalue weighted by atomic mass is 9.98. The highest BCUT2D eigenvalue weighted by atomic mass is 35.5. The highest BCUT2D eigenvalue weighted by Crippen LogP contribution is 2.27. The predicted octanol–water partition coefficient (Wildman–Crippen LogP) is 3.75. The summed E-state index contributed by atoms with van der Waals surface area (Å²) in [6.07, 6.45) is 2.60. The molecule has 2 aromatic carbocycles. The number of hydrogen-bond donors (Lipinski definition) is 1. The van der Waals surface area contributed by atoms with Crippen molar-refractivity contribution in [2.75, 3.05) is 26.7 Å². The van der Waals surface area contributed by atoms with Gasteiger partial charge >= 0.3 is 5.69 Å². The molecule has 1 unspecified atom stereocenters. The van der Waals surface area contributed by atoms with Gasteiger partial charge in [0.1, 0.15) is 6.10 Å². The van der Waals surface area contributed by atoms with Gasteiger partial charge < -0.3 is 14.6 Å². The van der Waals surface area contributed by atoms with E-state index >= 15 is 0 Å². The van der Waals surface area contributed by atoms with Crippen molar-refractivity contribution in [3.05, 3.63) is 97.9 Å². The van der Waals surface area contributed by atoms with Crippen molar-refractivity contribution in [2.24, 2.45) is 20.0 Å². The number of benzene rings is 2. The lowest BCUT2D eigenvalue weighted by molar-refractivity contribution is 0.0307. The van der Waals surface area contributed by atoms with Crippen molar-refractivity contribution in [1.82, 2.24) is 24.0 Å². The number of ether oxygens (including phenoxy) is 1. The van der Waals surface area contributed by atoms with Gasteiger partial charge in [-0.05, 0) is 55.1 Å². The number of aromatic amines is 1. The van der Waals surface area contributed by atoms with Crippen molar-refractivity contribution in [1.29, 1.82) is 0 Å². The van der Waals surface area contributed by atoms with E-state index in [-0.39, 0.29) is 22.6 Å². The first-order valence-corrected chi connectivity index (χ1v) is 12.4. The average molecular weight is 510 g/mol. The normalized spacial score (nSPS) is 16.2. The van der Waals surface area contributed by atoms with E-state index in [9.17, 15) is 9.59 Å². The summed E-state index contributed by atoms with van der Waals surface area (Å²) in [5, 5.41) is 0.0956. The van der Waals surface area contributed by atoms with Crippen LogP contribution in [0.15, 0.2) is 70.3 Å². The molecule has 1 saturated heterocycles. The van der Waals surface area contributed by atoms with Crippen LogP contribution in [0.25, 0.3) is 11.2 Å². The van der Waals surface area contributed by atoms with Crippen LogP contribution < -0.4 is 11.2 Å². The van der Waals surface area contributed by atoms with Gasteiger partial charge in [0.25, 0.3) is 5.56 Å². The van der Waals surface area contributed by atoms with E-state index < -0.39 is 11.2 Å². The van der Waals surface area contributed by atoms with Crippen molar-refractivity contribution in [2.45, 2.75) is 18.9 Å². The Morgan fingerprint density at radius 1 is 1.00 bits per heavy atom. The second-order valence-corrected chi connectivity index (χ2v) is 9.60. The molecule has 0 aliphatic carbocycles. The molecule has 1 N–H and O–H groups in total. The van der Waals surface area contributed by atoms with Gasteiger partial charge in [-0.2, -0.15) is 4.98 Å². The topological polar surface area (TPSA) is 85.2 Å². The fourth-order valence-corrected chi connectivity index (χ4v) is 4.75. The smallest absolute Gasteiger partial charge is 0.332 e.